The Morgan fingerprint density at radius 1 is 0.933 bits per heavy atom. The van der Waals surface area contributed by atoms with Gasteiger partial charge in [-0.15, -0.1) is 23.1 Å². The molecule has 2 aromatic heterocycles. The van der Waals surface area contributed by atoms with Crippen molar-refractivity contribution in [1.82, 2.24) is 21.0 Å². The van der Waals surface area contributed by atoms with Gasteiger partial charge in [0.2, 0.25) is 0 Å². The number of aromatic amines is 1. The number of fused-ring (bicyclic) bond motifs is 1. The highest BCUT2D eigenvalue weighted by atomic mass is 32.2. The van der Waals surface area contributed by atoms with E-state index in [1.807, 2.05) is 29.6 Å². The van der Waals surface area contributed by atoms with Crippen LogP contribution in [-0.4, -0.2) is 22.0 Å². The molecule has 2 aromatic carbocycles. The number of aromatic nitrogens is 2. The first-order valence-corrected chi connectivity index (χ1v) is 10.8. The standard InChI is InChI=1S/C21H16N4O3S2/c26-19-15-8-2-1-7-14(15)18(22-23-19)21(28)25-24-20(27)16-9-3-4-10-17(16)30-12-13-6-5-11-29-13/h1-11H,12H2,(H,23,26)(H,24,27)(H,25,28). The lowest BCUT2D eigenvalue weighted by atomic mass is 10.1. The van der Waals surface area contributed by atoms with Crippen molar-refractivity contribution in [3.63, 3.8) is 0 Å². The van der Waals surface area contributed by atoms with Crippen molar-refractivity contribution in [1.29, 1.82) is 0 Å². The number of amides is 2. The topological polar surface area (TPSA) is 104 Å². The Morgan fingerprint density at radius 3 is 2.47 bits per heavy atom. The molecule has 0 bridgehead atoms. The predicted molar refractivity (Wildman–Crippen MR) is 118 cm³/mol. The Bertz CT molecular complexity index is 1270. The zero-order valence-electron chi connectivity index (χ0n) is 15.5. The molecule has 0 saturated carbocycles. The van der Waals surface area contributed by atoms with Crippen molar-refractivity contribution in [2.45, 2.75) is 10.6 Å². The number of thioether (sulfide) groups is 1. The van der Waals surface area contributed by atoms with Crippen LogP contribution in [0.1, 0.15) is 25.7 Å². The third-order valence-corrected chi connectivity index (χ3v) is 6.46. The SMILES string of the molecule is O=C(NNC(=O)c1n[nH]c(=O)c2ccccc12)c1ccccc1SCc1cccs1. The fraction of sp³-hybridized carbons (Fsp3) is 0.0476. The van der Waals surface area contributed by atoms with Crippen LogP contribution in [0.15, 0.2) is 75.7 Å². The highest BCUT2D eigenvalue weighted by Gasteiger charge is 2.16. The maximum absolute atomic E-state index is 12.7. The van der Waals surface area contributed by atoms with E-state index in [2.05, 4.69) is 21.0 Å². The monoisotopic (exact) mass is 436 g/mol. The normalized spacial score (nSPS) is 10.7. The van der Waals surface area contributed by atoms with E-state index in [1.54, 1.807) is 59.5 Å². The van der Waals surface area contributed by atoms with Crippen LogP contribution in [0.4, 0.5) is 0 Å². The van der Waals surface area contributed by atoms with Crippen molar-refractivity contribution >= 4 is 45.7 Å². The highest BCUT2D eigenvalue weighted by Crippen LogP contribution is 2.27. The second-order valence-corrected chi connectivity index (χ2v) is 8.27. The van der Waals surface area contributed by atoms with Gasteiger partial charge in [0.05, 0.1) is 10.9 Å². The summed E-state index contributed by atoms with van der Waals surface area (Å²) in [4.78, 5) is 39.1. The van der Waals surface area contributed by atoms with Crippen molar-refractivity contribution in [3.8, 4) is 0 Å². The van der Waals surface area contributed by atoms with Gasteiger partial charge < -0.3 is 0 Å². The van der Waals surface area contributed by atoms with Gasteiger partial charge in [-0.3, -0.25) is 25.2 Å². The van der Waals surface area contributed by atoms with Crippen LogP contribution in [0.5, 0.6) is 0 Å². The summed E-state index contributed by atoms with van der Waals surface area (Å²) in [5, 5.41) is 8.89. The fourth-order valence-electron chi connectivity index (χ4n) is 2.85. The average molecular weight is 437 g/mol. The average Bonchev–Trinajstić information content (AvgIpc) is 3.30. The Labute approximate surface area is 179 Å². The van der Waals surface area contributed by atoms with Gasteiger partial charge in [-0.05, 0) is 29.6 Å². The van der Waals surface area contributed by atoms with Gasteiger partial charge in [-0.2, -0.15) is 5.10 Å². The zero-order valence-corrected chi connectivity index (χ0v) is 17.2. The van der Waals surface area contributed by atoms with Gasteiger partial charge in [0.1, 0.15) is 0 Å². The van der Waals surface area contributed by atoms with Crippen molar-refractivity contribution < 1.29 is 9.59 Å². The van der Waals surface area contributed by atoms with E-state index in [-0.39, 0.29) is 11.3 Å². The van der Waals surface area contributed by atoms with Crippen molar-refractivity contribution in [2.24, 2.45) is 0 Å². The van der Waals surface area contributed by atoms with E-state index in [9.17, 15) is 14.4 Å². The van der Waals surface area contributed by atoms with Gasteiger partial charge in [-0.1, -0.05) is 36.4 Å². The molecule has 3 N–H and O–H groups in total. The summed E-state index contributed by atoms with van der Waals surface area (Å²) in [5.41, 5.74) is 4.89. The number of thiophene rings is 1. The van der Waals surface area contributed by atoms with Gasteiger partial charge >= 0.3 is 0 Å². The quantitative estimate of drug-likeness (QED) is 0.329. The molecule has 4 rings (SSSR count). The molecule has 9 heteroatoms. The second-order valence-electron chi connectivity index (χ2n) is 6.22. The van der Waals surface area contributed by atoms with Gasteiger partial charge in [-0.25, -0.2) is 5.10 Å². The molecule has 0 aliphatic rings. The van der Waals surface area contributed by atoms with Gasteiger partial charge in [0.15, 0.2) is 5.69 Å². The summed E-state index contributed by atoms with van der Waals surface area (Å²) in [6.45, 7) is 0. The number of H-pyrrole nitrogens is 1. The number of hydrogen-bond donors (Lipinski definition) is 3. The Balaban J connectivity index is 1.47. The van der Waals surface area contributed by atoms with Crippen molar-refractivity contribution in [3.05, 3.63) is 92.5 Å². The molecule has 0 atom stereocenters. The Kier molecular flexibility index (Phi) is 5.92. The number of rotatable bonds is 5. The van der Waals surface area contributed by atoms with Crippen LogP contribution in [0.25, 0.3) is 10.8 Å². The molecule has 0 saturated heterocycles. The molecule has 2 heterocycles. The zero-order chi connectivity index (χ0) is 20.9. The minimum Gasteiger partial charge on any atom is -0.267 e. The van der Waals surface area contributed by atoms with Crippen molar-refractivity contribution in [2.75, 3.05) is 0 Å². The third-order valence-electron chi connectivity index (χ3n) is 4.28. The summed E-state index contributed by atoms with van der Waals surface area (Å²) in [5.74, 6) is -0.312. The molecule has 0 aliphatic carbocycles. The largest absolute Gasteiger partial charge is 0.290 e. The molecule has 0 unspecified atom stereocenters. The van der Waals surface area contributed by atoms with Crippen LogP contribution in [0.3, 0.4) is 0 Å². The van der Waals surface area contributed by atoms with Gasteiger partial charge in [0, 0.05) is 20.9 Å². The molecular weight excluding hydrogens is 420 g/mol. The summed E-state index contributed by atoms with van der Waals surface area (Å²) >= 11 is 3.21. The second kappa shape index (κ2) is 8.93. The first-order chi connectivity index (χ1) is 14.6. The maximum atomic E-state index is 12.7. The number of benzene rings is 2. The maximum Gasteiger partial charge on any atom is 0.290 e. The number of hydrazine groups is 1. The first kappa shape index (κ1) is 19.9. The van der Waals surface area contributed by atoms with E-state index in [0.29, 0.717) is 16.3 Å². The molecule has 30 heavy (non-hydrogen) atoms. The van der Waals surface area contributed by atoms with Crippen LogP contribution in [0.2, 0.25) is 0 Å². The lowest BCUT2D eigenvalue weighted by molar-refractivity contribution is 0.0843. The van der Waals surface area contributed by atoms with E-state index in [4.69, 9.17) is 0 Å². The fourth-order valence-corrected chi connectivity index (χ4v) is 4.67. The molecule has 2 amide bonds. The molecule has 0 fully saturated rings. The number of carbonyl (C=O) groups is 2. The molecule has 4 aromatic rings. The molecule has 0 spiro atoms. The minimum absolute atomic E-state index is 0.0193. The Morgan fingerprint density at radius 2 is 1.67 bits per heavy atom. The summed E-state index contributed by atoms with van der Waals surface area (Å²) < 4.78 is 0. The lowest BCUT2D eigenvalue weighted by Crippen LogP contribution is -2.42. The van der Waals surface area contributed by atoms with Crippen LogP contribution >= 0.6 is 23.1 Å². The number of nitrogens with one attached hydrogen (secondary N) is 3. The minimum atomic E-state index is -0.625. The summed E-state index contributed by atoms with van der Waals surface area (Å²) in [6.07, 6.45) is 0. The number of nitrogens with zero attached hydrogens (tertiary/aromatic N) is 1. The first-order valence-electron chi connectivity index (χ1n) is 8.96. The van der Waals surface area contributed by atoms with Gasteiger partial charge in [0.25, 0.3) is 17.4 Å². The summed E-state index contributed by atoms with van der Waals surface area (Å²) in [7, 11) is 0. The molecule has 0 aliphatic heterocycles. The van der Waals surface area contributed by atoms with E-state index in [1.165, 1.54) is 4.88 Å². The van der Waals surface area contributed by atoms with E-state index >= 15 is 0 Å². The molecule has 7 nitrogen and oxygen atoms in total. The molecule has 0 radical (unpaired) electrons. The smallest absolute Gasteiger partial charge is 0.267 e. The number of carbonyl (C=O) groups excluding carboxylic acids is 2. The molecular formula is C21H16N4O3S2. The Hall–Kier alpha value is -3.43. The lowest BCUT2D eigenvalue weighted by Gasteiger charge is -2.11. The van der Waals surface area contributed by atoms with Crippen LogP contribution in [0, 0.1) is 0 Å². The summed E-state index contributed by atoms with van der Waals surface area (Å²) in [6, 6.07) is 17.9. The predicted octanol–water partition coefficient (Wildman–Crippen LogP) is 3.35. The molecule has 150 valence electrons. The van der Waals surface area contributed by atoms with E-state index in [0.717, 1.165) is 10.6 Å². The highest BCUT2D eigenvalue weighted by molar-refractivity contribution is 7.98. The number of hydrogen-bond acceptors (Lipinski definition) is 6. The van der Waals surface area contributed by atoms with Crippen LogP contribution < -0.4 is 16.4 Å². The van der Waals surface area contributed by atoms with E-state index < -0.39 is 11.8 Å². The van der Waals surface area contributed by atoms with Crippen LogP contribution in [-0.2, 0) is 5.75 Å². The third kappa shape index (κ3) is 4.27.